The van der Waals surface area contributed by atoms with E-state index in [2.05, 4.69) is 29.2 Å². The highest BCUT2D eigenvalue weighted by molar-refractivity contribution is 4.81. The fourth-order valence-electron chi connectivity index (χ4n) is 2.60. The maximum Gasteiger partial charge on any atom is 0.0220 e. The first-order chi connectivity index (χ1) is 7.75. The number of nitrogens with zero attached hydrogens (tertiary/aromatic N) is 2. The highest BCUT2D eigenvalue weighted by atomic mass is 15.2. The lowest BCUT2D eigenvalue weighted by Crippen LogP contribution is -2.37. The Kier molecular flexibility index (Phi) is 4.62. The first-order valence-electron chi connectivity index (χ1n) is 6.88. The number of hydrogen-bond acceptors (Lipinski definition) is 3. The van der Waals surface area contributed by atoms with E-state index < -0.39 is 0 Å². The van der Waals surface area contributed by atoms with Crippen LogP contribution in [-0.2, 0) is 0 Å². The van der Waals surface area contributed by atoms with Gasteiger partial charge in [0.15, 0.2) is 0 Å². The first kappa shape index (κ1) is 12.3. The summed E-state index contributed by atoms with van der Waals surface area (Å²) in [6.07, 6.45) is 6.88. The van der Waals surface area contributed by atoms with E-state index in [0.717, 1.165) is 12.1 Å². The fourth-order valence-corrected chi connectivity index (χ4v) is 2.60. The predicted octanol–water partition coefficient (Wildman–Crippen LogP) is 1.15. The van der Waals surface area contributed by atoms with Crippen LogP contribution in [-0.4, -0.2) is 62.2 Å². The van der Waals surface area contributed by atoms with Crippen LogP contribution in [0.3, 0.4) is 0 Å². The van der Waals surface area contributed by atoms with Crippen molar-refractivity contribution in [3.8, 4) is 0 Å². The Labute approximate surface area is 100 Å². The average molecular weight is 225 g/mol. The average Bonchev–Trinajstić information content (AvgIpc) is 3.00. The lowest BCUT2D eigenvalue weighted by atomic mass is 10.2. The number of likely N-dealkylation sites (N-methyl/N-ethyl adjacent to an activating group) is 2. The third-order valence-corrected chi connectivity index (χ3v) is 3.92. The molecule has 1 aliphatic carbocycles. The lowest BCUT2D eigenvalue weighted by Gasteiger charge is -2.25. The zero-order chi connectivity index (χ0) is 11.4. The molecule has 1 saturated carbocycles. The molecule has 2 fully saturated rings. The summed E-state index contributed by atoms with van der Waals surface area (Å²) in [6.45, 7) is 4.99. The molecular weight excluding hydrogens is 198 g/mol. The van der Waals surface area contributed by atoms with Gasteiger partial charge in [-0.25, -0.2) is 0 Å². The van der Waals surface area contributed by atoms with Gasteiger partial charge in [0.25, 0.3) is 0 Å². The SMILES string of the molecule is CN(CCCNC1CC1)CC1CCCN1C. The summed E-state index contributed by atoms with van der Waals surface area (Å²) in [5.74, 6) is 0. The Morgan fingerprint density at radius 1 is 1.31 bits per heavy atom. The topological polar surface area (TPSA) is 18.5 Å². The third kappa shape index (κ3) is 4.04. The molecule has 0 amide bonds. The van der Waals surface area contributed by atoms with Crippen molar-refractivity contribution >= 4 is 0 Å². The third-order valence-electron chi connectivity index (χ3n) is 3.92. The van der Waals surface area contributed by atoms with E-state index in [4.69, 9.17) is 0 Å². The molecule has 0 spiro atoms. The second kappa shape index (κ2) is 5.99. The summed E-state index contributed by atoms with van der Waals surface area (Å²) in [7, 11) is 4.53. The number of hydrogen-bond donors (Lipinski definition) is 1. The number of nitrogens with one attached hydrogen (secondary N) is 1. The van der Waals surface area contributed by atoms with Gasteiger partial charge in [0.2, 0.25) is 0 Å². The minimum Gasteiger partial charge on any atom is -0.314 e. The van der Waals surface area contributed by atoms with Crippen molar-refractivity contribution in [1.29, 1.82) is 0 Å². The van der Waals surface area contributed by atoms with Crippen molar-refractivity contribution in [1.82, 2.24) is 15.1 Å². The second-order valence-electron chi connectivity index (χ2n) is 5.62. The van der Waals surface area contributed by atoms with E-state index in [1.807, 2.05) is 0 Å². The van der Waals surface area contributed by atoms with E-state index >= 15 is 0 Å². The standard InChI is InChI=1S/C13H27N3/c1-15(9-4-8-14-12-6-7-12)11-13-5-3-10-16(13)2/h12-14H,3-11H2,1-2H3. The Morgan fingerprint density at radius 2 is 2.12 bits per heavy atom. The predicted molar refractivity (Wildman–Crippen MR) is 68.8 cm³/mol. The maximum atomic E-state index is 3.58. The first-order valence-corrected chi connectivity index (χ1v) is 6.88. The molecule has 1 N–H and O–H groups in total. The fraction of sp³-hybridized carbons (Fsp3) is 1.00. The normalized spacial score (nSPS) is 26.8. The second-order valence-corrected chi connectivity index (χ2v) is 5.62. The molecule has 1 saturated heterocycles. The molecule has 1 atom stereocenters. The summed E-state index contributed by atoms with van der Waals surface area (Å²) in [4.78, 5) is 5.01. The molecule has 3 nitrogen and oxygen atoms in total. The molecular formula is C13H27N3. The summed E-state index contributed by atoms with van der Waals surface area (Å²) in [5, 5.41) is 3.58. The summed E-state index contributed by atoms with van der Waals surface area (Å²) in [6, 6.07) is 1.67. The van der Waals surface area contributed by atoms with Crippen LogP contribution in [0.2, 0.25) is 0 Å². The molecule has 0 aromatic heterocycles. The van der Waals surface area contributed by atoms with Crippen LogP contribution in [0.1, 0.15) is 32.1 Å². The smallest absolute Gasteiger partial charge is 0.0220 e. The summed E-state index contributed by atoms with van der Waals surface area (Å²) in [5.41, 5.74) is 0. The molecule has 3 heteroatoms. The Morgan fingerprint density at radius 3 is 2.75 bits per heavy atom. The molecule has 2 aliphatic rings. The zero-order valence-corrected chi connectivity index (χ0v) is 10.9. The Balaban J connectivity index is 1.51. The molecule has 1 heterocycles. The van der Waals surface area contributed by atoms with Crippen molar-refractivity contribution in [3.05, 3.63) is 0 Å². The van der Waals surface area contributed by atoms with Crippen LogP contribution in [0.15, 0.2) is 0 Å². The van der Waals surface area contributed by atoms with E-state index in [1.54, 1.807) is 0 Å². The Bertz CT molecular complexity index is 203. The molecule has 2 rings (SSSR count). The van der Waals surface area contributed by atoms with Gasteiger partial charge >= 0.3 is 0 Å². The van der Waals surface area contributed by atoms with Gasteiger partial charge in [0.1, 0.15) is 0 Å². The van der Waals surface area contributed by atoms with Crippen LogP contribution in [0.25, 0.3) is 0 Å². The van der Waals surface area contributed by atoms with Gasteiger partial charge in [-0.15, -0.1) is 0 Å². The quantitative estimate of drug-likeness (QED) is 0.656. The molecule has 0 aromatic carbocycles. The van der Waals surface area contributed by atoms with Crippen LogP contribution < -0.4 is 5.32 Å². The van der Waals surface area contributed by atoms with Gasteiger partial charge in [0.05, 0.1) is 0 Å². The number of likely N-dealkylation sites (tertiary alicyclic amines) is 1. The minimum absolute atomic E-state index is 0.807. The van der Waals surface area contributed by atoms with Gasteiger partial charge < -0.3 is 15.1 Å². The summed E-state index contributed by atoms with van der Waals surface area (Å²) < 4.78 is 0. The zero-order valence-electron chi connectivity index (χ0n) is 10.9. The van der Waals surface area contributed by atoms with Crippen LogP contribution in [0, 0.1) is 0 Å². The van der Waals surface area contributed by atoms with Gasteiger partial charge in [-0.2, -0.15) is 0 Å². The van der Waals surface area contributed by atoms with Gasteiger partial charge in [-0.05, 0) is 65.8 Å². The molecule has 0 aromatic rings. The van der Waals surface area contributed by atoms with Crippen molar-refractivity contribution in [2.75, 3.05) is 40.3 Å². The van der Waals surface area contributed by atoms with Crippen molar-refractivity contribution in [2.24, 2.45) is 0 Å². The highest BCUT2D eigenvalue weighted by Crippen LogP contribution is 2.18. The van der Waals surface area contributed by atoms with Gasteiger partial charge in [0, 0.05) is 18.6 Å². The minimum atomic E-state index is 0.807. The molecule has 1 aliphatic heterocycles. The van der Waals surface area contributed by atoms with Crippen LogP contribution in [0.5, 0.6) is 0 Å². The summed E-state index contributed by atoms with van der Waals surface area (Å²) >= 11 is 0. The Hall–Kier alpha value is -0.120. The molecule has 0 radical (unpaired) electrons. The van der Waals surface area contributed by atoms with E-state index in [0.29, 0.717) is 0 Å². The van der Waals surface area contributed by atoms with Crippen molar-refractivity contribution in [3.63, 3.8) is 0 Å². The van der Waals surface area contributed by atoms with E-state index in [-0.39, 0.29) is 0 Å². The van der Waals surface area contributed by atoms with Gasteiger partial charge in [-0.1, -0.05) is 0 Å². The number of rotatable bonds is 7. The maximum absolute atomic E-state index is 3.58. The van der Waals surface area contributed by atoms with Gasteiger partial charge in [-0.3, -0.25) is 0 Å². The van der Waals surface area contributed by atoms with Crippen molar-refractivity contribution in [2.45, 2.75) is 44.2 Å². The van der Waals surface area contributed by atoms with E-state index in [1.165, 1.54) is 58.3 Å². The largest absolute Gasteiger partial charge is 0.314 e. The molecule has 94 valence electrons. The molecule has 16 heavy (non-hydrogen) atoms. The van der Waals surface area contributed by atoms with E-state index in [9.17, 15) is 0 Å². The van der Waals surface area contributed by atoms with Crippen LogP contribution in [0.4, 0.5) is 0 Å². The molecule has 0 bridgehead atoms. The van der Waals surface area contributed by atoms with Crippen LogP contribution >= 0.6 is 0 Å². The van der Waals surface area contributed by atoms with Crippen molar-refractivity contribution < 1.29 is 0 Å². The monoisotopic (exact) mass is 225 g/mol. The highest BCUT2D eigenvalue weighted by Gasteiger charge is 2.22. The molecule has 1 unspecified atom stereocenters. The lowest BCUT2D eigenvalue weighted by molar-refractivity contribution is 0.218.